The number of alkyl halides is 2. The molecule has 0 saturated carbocycles. The van der Waals surface area contributed by atoms with Crippen LogP contribution in [-0.2, 0) is 26.0 Å². The molecule has 138 valence electrons. The number of rotatable bonds is 13. The zero-order valence-electron chi connectivity index (χ0n) is 13.5. The Morgan fingerprint density at radius 2 is 2.00 bits per heavy atom. The van der Waals surface area contributed by atoms with Gasteiger partial charge in [-0.3, -0.25) is 0 Å². The number of nitrogens with one attached hydrogen (secondary N) is 1. The Kier molecular flexibility index (Phi) is 9.77. The van der Waals surface area contributed by atoms with Gasteiger partial charge in [-0.1, -0.05) is 12.1 Å². The number of ether oxygens (including phenoxy) is 3. The number of hydrogen-bond acceptors (Lipinski definition) is 5. The van der Waals surface area contributed by atoms with E-state index in [2.05, 4.69) is 9.46 Å². The molecule has 0 bridgehead atoms. The molecule has 1 aromatic rings. The Hall–Kier alpha value is -1.29. The van der Waals surface area contributed by atoms with Crippen LogP contribution in [0.3, 0.4) is 0 Å². The van der Waals surface area contributed by atoms with E-state index in [1.165, 1.54) is 7.11 Å². The van der Waals surface area contributed by atoms with Crippen molar-refractivity contribution >= 4 is 10.0 Å². The lowest BCUT2D eigenvalue weighted by atomic mass is 10.2. The fourth-order valence-electron chi connectivity index (χ4n) is 1.78. The summed E-state index contributed by atoms with van der Waals surface area (Å²) < 4.78 is 66.0. The van der Waals surface area contributed by atoms with Gasteiger partial charge in [0.25, 0.3) is 0 Å². The first-order chi connectivity index (χ1) is 11.5. The summed E-state index contributed by atoms with van der Waals surface area (Å²) in [6.07, 6.45) is -0.805. The Bertz CT molecular complexity index is 567. The van der Waals surface area contributed by atoms with E-state index in [0.29, 0.717) is 17.7 Å². The molecule has 0 fully saturated rings. The molecule has 0 aliphatic rings. The summed E-state index contributed by atoms with van der Waals surface area (Å²) >= 11 is 0. The Balaban J connectivity index is 2.45. The highest BCUT2D eigenvalue weighted by atomic mass is 32.2. The number of benzene rings is 1. The van der Waals surface area contributed by atoms with Gasteiger partial charge < -0.3 is 14.2 Å². The second-order valence-electron chi connectivity index (χ2n) is 5.00. The van der Waals surface area contributed by atoms with Gasteiger partial charge in [0.05, 0.1) is 12.4 Å². The van der Waals surface area contributed by atoms with Crippen LogP contribution in [0.4, 0.5) is 8.78 Å². The Morgan fingerprint density at radius 1 is 1.25 bits per heavy atom. The molecule has 0 spiro atoms. The normalized spacial score (nSPS) is 11.8. The molecule has 1 N–H and O–H groups in total. The van der Waals surface area contributed by atoms with E-state index < -0.39 is 29.5 Å². The van der Waals surface area contributed by atoms with E-state index in [1.807, 2.05) is 0 Å². The van der Waals surface area contributed by atoms with Gasteiger partial charge in [-0.05, 0) is 24.1 Å². The molecule has 0 heterocycles. The average Bonchev–Trinajstić information content (AvgIpc) is 2.58. The van der Waals surface area contributed by atoms with Crippen LogP contribution >= 0.6 is 0 Å². The highest BCUT2D eigenvalue weighted by Crippen LogP contribution is 2.15. The lowest BCUT2D eigenvalue weighted by Crippen LogP contribution is -2.26. The molecule has 1 rings (SSSR count). The topological polar surface area (TPSA) is 73.9 Å². The van der Waals surface area contributed by atoms with Crippen LogP contribution in [0.5, 0.6) is 5.75 Å². The number of sulfonamides is 1. The average molecular weight is 367 g/mol. The van der Waals surface area contributed by atoms with Gasteiger partial charge in [0.1, 0.15) is 25.9 Å². The highest BCUT2D eigenvalue weighted by molar-refractivity contribution is 7.89. The zero-order chi connectivity index (χ0) is 17.8. The number of methoxy groups -OCH3 is 1. The fourth-order valence-corrected chi connectivity index (χ4v) is 2.81. The zero-order valence-corrected chi connectivity index (χ0v) is 14.4. The predicted molar refractivity (Wildman–Crippen MR) is 85.9 cm³/mol. The van der Waals surface area contributed by atoms with Crippen LogP contribution in [0.2, 0.25) is 0 Å². The van der Waals surface area contributed by atoms with Gasteiger partial charge in [0.2, 0.25) is 10.0 Å². The minimum absolute atomic E-state index is 0.0639. The SMILES string of the molecule is COCOCCCS(=O)(=O)NCc1cccc(OC(CF)CF)c1. The summed E-state index contributed by atoms with van der Waals surface area (Å²) in [7, 11) is -1.96. The van der Waals surface area contributed by atoms with Crippen molar-refractivity contribution in [2.45, 2.75) is 19.1 Å². The molecular formula is C15H23F2NO5S. The summed E-state index contributed by atoms with van der Waals surface area (Å²) in [5, 5.41) is 0. The van der Waals surface area contributed by atoms with Gasteiger partial charge in [-0.2, -0.15) is 0 Å². The lowest BCUT2D eigenvalue weighted by Gasteiger charge is -2.13. The Labute approximate surface area is 141 Å². The standard InChI is InChI=1S/C15H23F2NO5S/c1-21-12-22-6-3-7-24(19,20)18-11-13-4-2-5-14(8-13)23-15(9-16)10-17/h2,4-5,8,15,18H,3,6-7,9-12H2,1H3. The first-order valence-electron chi connectivity index (χ1n) is 7.42. The second-order valence-corrected chi connectivity index (χ2v) is 6.93. The van der Waals surface area contributed by atoms with E-state index in [0.717, 1.165) is 0 Å². The number of halogens is 2. The van der Waals surface area contributed by atoms with Crippen molar-refractivity contribution < 1.29 is 31.4 Å². The predicted octanol–water partition coefficient (Wildman–Crippen LogP) is 1.80. The first-order valence-corrected chi connectivity index (χ1v) is 9.07. The van der Waals surface area contributed by atoms with Crippen LogP contribution in [-0.4, -0.2) is 54.1 Å². The molecule has 0 aliphatic heterocycles. The van der Waals surface area contributed by atoms with Gasteiger partial charge in [0.15, 0.2) is 6.10 Å². The van der Waals surface area contributed by atoms with Gasteiger partial charge >= 0.3 is 0 Å². The summed E-state index contributed by atoms with van der Waals surface area (Å²) in [5.74, 6) is 0.221. The van der Waals surface area contributed by atoms with Gasteiger partial charge in [-0.25, -0.2) is 21.9 Å². The maximum absolute atomic E-state index is 12.5. The molecule has 0 unspecified atom stereocenters. The number of hydrogen-bond donors (Lipinski definition) is 1. The minimum atomic E-state index is -3.44. The van der Waals surface area contributed by atoms with E-state index in [1.54, 1.807) is 24.3 Å². The molecule has 0 radical (unpaired) electrons. The molecule has 0 atom stereocenters. The smallest absolute Gasteiger partial charge is 0.211 e. The Morgan fingerprint density at radius 3 is 2.67 bits per heavy atom. The van der Waals surface area contributed by atoms with Crippen LogP contribution in [0.15, 0.2) is 24.3 Å². The molecular weight excluding hydrogens is 344 g/mol. The van der Waals surface area contributed by atoms with E-state index in [9.17, 15) is 17.2 Å². The van der Waals surface area contributed by atoms with Gasteiger partial charge in [-0.15, -0.1) is 0 Å². The second kappa shape index (κ2) is 11.3. The molecule has 9 heteroatoms. The third-order valence-electron chi connectivity index (χ3n) is 2.94. The van der Waals surface area contributed by atoms with Crippen molar-refractivity contribution in [1.82, 2.24) is 4.72 Å². The third kappa shape index (κ3) is 8.53. The molecule has 0 amide bonds. The summed E-state index contributed by atoms with van der Waals surface area (Å²) in [6, 6.07) is 6.42. The monoisotopic (exact) mass is 367 g/mol. The van der Waals surface area contributed by atoms with Crippen molar-refractivity contribution in [2.24, 2.45) is 0 Å². The minimum Gasteiger partial charge on any atom is -0.485 e. The molecule has 24 heavy (non-hydrogen) atoms. The largest absolute Gasteiger partial charge is 0.485 e. The summed E-state index contributed by atoms with van der Waals surface area (Å²) in [5.41, 5.74) is 0.628. The third-order valence-corrected chi connectivity index (χ3v) is 4.35. The summed E-state index contributed by atoms with van der Waals surface area (Å²) in [4.78, 5) is 0. The first kappa shape index (κ1) is 20.8. The quantitative estimate of drug-likeness (QED) is 0.425. The van der Waals surface area contributed by atoms with Crippen LogP contribution in [0, 0.1) is 0 Å². The lowest BCUT2D eigenvalue weighted by molar-refractivity contribution is -0.0298. The molecule has 1 aromatic carbocycles. The van der Waals surface area contributed by atoms with Crippen LogP contribution in [0.1, 0.15) is 12.0 Å². The highest BCUT2D eigenvalue weighted by Gasteiger charge is 2.12. The van der Waals surface area contributed by atoms with Crippen molar-refractivity contribution in [3.05, 3.63) is 29.8 Å². The van der Waals surface area contributed by atoms with Crippen LogP contribution in [0.25, 0.3) is 0 Å². The molecule has 0 aromatic heterocycles. The van der Waals surface area contributed by atoms with E-state index in [4.69, 9.17) is 9.47 Å². The van der Waals surface area contributed by atoms with Crippen molar-refractivity contribution in [3.63, 3.8) is 0 Å². The van der Waals surface area contributed by atoms with E-state index >= 15 is 0 Å². The van der Waals surface area contributed by atoms with Crippen molar-refractivity contribution in [2.75, 3.05) is 39.6 Å². The fraction of sp³-hybridized carbons (Fsp3) is 0.600. The maximum Gasteiger partial charge on any atom is 0.211 e. The molecule has 0 saturated heterocycles. The van der Waals surface area contributed by atoms with Crippen molar-refractivity contribution in [1.29, 1.82) is 0 Å². The molecule has 0 aliphatic carbocycles. The summed E-state index contributed by atoms with van der Waals surface area (Å²) in [6.45, 7) is -1.39. The van der Waals surface area contributed by atoms with Gasteiger partial charge in [0, 0.05) is 13.7 Å². The maximum atomic E-state index is 12.5. The van der Waals surface area contributed by atoms with E-state index in [-0.39, 0.29) is 25.7 Å². The molecule has 6 nitrogen and oxygen atoms in total. The van der Waals surface area contributed by atoms with Crippen LogP contribution < -0.4 is 9.46 Å². The van der Waals surface area contributed by atoms with Crippen molar-refractivity contribution in [3.8, 4) is 5.75 Å².